The lowest BCUT2D eigenvalue weighted by atomic mass is 10.1. The highest BCUT2D eigenvalue weighted by Crippen LogP contribution is 2.35. The normalized spacial score (nSPS) is 11.4. The van der Waals surface area contributed by atoms with Crippen LogP contribution >= 0.6 is 0 Å². The van der Waals surface area contributed by atoms with E-state index in [1.807, 2.05) is 19.1 Å². The molecule has 0 spiro atoms. The van der Waals surface area contributed by atoms with Gasteiger partial charge in [-0.2, -0.15) is 0 Å². The minimum atomic E-state index is -0.714. The van der Waals surface area contributed by atoms with E-state index in [2.05, 4.69) is 26.8 Å². The third-order valence-corrected chi connectivity index (χ3v) is 7.01. The number of ether oxygens (including phenoxy) is 3. The fourth-order valence-electron chi connectivity index (χ4n) is 4.56. The van der Waals surface area contributed by atoms with Gasteiger partial charge in [0.2, 0.25) is 5.75 Å². The second kappa shape index (κ2) is 17.9. The molecule has 3 aromatic rings. The Hall–Kier alpha value is -3.80. The summed E-state index contributed by atoms with van der Waals surface area (Å²) < 4.78 is 23.2. The molecule has 0 atom stereocenters. The molecule has 3 rings (SSSR count). The van der Waals surface area contributed by atoms with Crippen molar-refractivity contribution in [1.29, 1.82) is 0 Å². The van der Waals surface area contributed by atoms with E-state index in [0.29, 0.717) is 23.3 Å². The largest absolute Gasteiger partial charge is 0.493 e. The molecule has 0 N–H and O–H groups in total. The van der Waals surface area contributed by atoms with Gasteiger partial charge in [-0.1, -0.05) is 87.3 Å². The van der Waals surface area contributed by atoms with Crippen LogP contribution in [0.1, 0.15) is 102 Å². The van der Waals surface area contributed by atoms with E-state index in [4.69, 9.17) is 18.6 Å². The van der Waals surface area contributed by atoms with Gasteiger partial charge >= 0.3 is 11.6 Å². The molecule has 6 heteroatoms. The number of benzene rings is 2. The Bertz CT molecular complexity index is 1380. The number of rotatable bonds is 18. The zero-order valence-corrected chi connectivity index (χ0v) is 25.7. The molecule has 0 fully saturated rings. The van der Waals surface area contributed by atoms with Crippen LogP contribution in [-0.2, 0) is 0 Å². The Morgan fingerprint density at radius 1 is 0.833 bits per heavy atom. The molecule has 226 valence electrons. The summed E-state index contributed by atoms with van der Waals surface area (Å²) in [5.41, 5.74) is 2.34. The van der Waals surface area contributed by atoms with Crippen LogP contribution in [0, 0.1) is 0 Å². The summed E-state index contributed by atoms with van der Waals surface area (Å²) >= 11 is 0. The zero-order valence-electron chi connectivity index (χ0n) is 25.7. The molecule has 6 nitrogen and oxygen atoms in total. The average Bonchev–Trinajstić information content (AvgIpc) is 2.97. The molecule has 42 heavy (non-hydrogen) atoms. The van der Waals surface area contributed by atoms with Crippen LogP contribution in [-0.4, -0.2) is 19.2 Å². The fraction of sp³-hybridized carbons (Fsp3) is 0.444. The molecular weight excluding hydrogens is 528 g/mol. The van der Waals surface area contributed by atoms with E-state index >= 15 is 0 Å². The van der Waals surface area contributed by atoms with Crippen molar-refractivity contribution in [3.63, 3.8) is 0 Å². The Kier molecular flexibility index (Phi) is 13.9. The van der Waals surface area contributed by atoms with Crippen molar-refractivity contribution in [2.24, 2.45) is 0 Å². The molecule has 0 unspecified atom stereocenters. The van der Waals surface area contributed by atoms with Gasteiger partial charge < -0.3 is 18.6 Å². The van der Waals surface area contributed by atoms with Crippen LogP contribution in [0.4, 0.5) is 0 Å². The molecule has 0 aliphatic carbocycles. The van der Waals surface area contributed by atoms with Gasteiger partial charge in [0.15, 0.2) is 5.75 Å². The summed E-state index contributed by atoms with van der Waals surface area (Å²) in [5.74, 6) is -0.0820. The van der Waals surface area contributed by atoms with Crippen molar-refractivity contribution in [3.8, 4) is 17.2 Å². The topological polar surface area (TPSA) is 75.0 Å². The maximum atomic E-state index is 13.1. The van der Waals surface area contributed by atoms with Crippen molar-refractivity contribution in [1.82, 2.24) is 0 Å². The number of fused-ring (bicyclic) bond motifs is 1. The van der Waals surface area contributed by atoms with Crippen molar-refractivity contribution < 1.29 is 23.4 Å². The predicted octanol–water partition coefficient (Wildman–Crippen LogP) is 9.60. The maximum Gasteiger partial charge on any atom is 0.383 e. The van der Waals surface area contributed by atoms with Gasteiger partial charge in [-0.25, -0.2) is 9.59 Å². The number of hydrogen-bond donors (Lipinski definition) is 0. The smallest absolute Gasteiger partial charge is 0.383 e. The first-order chi connectivity index (χ1) is 20.4. The summed E-state index contributed by atoms with van der Waals surface area (Å²) in [6, 6.07) is 13.8. The van der Waals surface area contributed by atoms with Crippen LogP contribution in [0.25, 0.3) is 11.0 Å². The highest BCUT2D eigenvalue weighted by molar-refractivity contribution is 5.95. The molecule has 0 bridgehead atoms. The summed E-state index contributed by atoms with van der Waals surface area (Å²) in [6.07, 6.45) is 15.7. The Balaban J connectivity index is 1.74. The van der Waals surface area contributed by atoms with Crippen molar-refractivity contribution >= 4 is 16.9 Å². The third kappa shape index (κ3) is 10.9. The van der Waals surface area contributed by atoms with Gasteiger partial charge in [0.05, 0.1) is 17.6 Å². The molecule has 0 saturated heterocycles. The number of carbonyl (C=O) groups excluding carboxylic acids is 1. The standard InChI is InChI=1S/C36H46O6/c1-5-6-7-8-9-10-11-15-24-39-30-21-22-31-32(26-30)41-36(38)34(40-25-23-28(4)18-16-17-27(2)3)33(31)42-35(37)29-19-13-12-14-20-29/h12-14,17,19-23,26H,5-11,15-16,18,24-25H2,1-4H3. The molecule has 1 heterocycles. The minimum Gasteiger partial charge on any atom is -0.493 e. The first kappa shape index (κ1) is 32.7. The van der Waals surface area contributed by atoms with E-state index in [1.54, 1.807) is 42.5 Å². The maximum absolute atomic E-state index is 13.1. The molecule has 2 aromatic carbocycles. The minimum absolute atomic E-state index is 0.0420. The van der Waals surface area contributed by atoms with Gasteiger partial charge in [0.1, 0.15) is 17.9 Å². The molecule has 0 amide bonds. The number of carbonyl (C=O) groups is 1. The Morgan fingerprint density at radius 3 is 2.26 bits per heavy atom. The Morgan fingerprint density at radius 2 is 1.55 bits per heavy atom. The van der Waals surface area contributed by atoms with E-state index in [1.165, 1.54) is 44.1 Å². The second-order valence-electron chi connectivity index (χ2n) is 11.0. The van der Waals surface area contributed by atoms with E-state index in [9.17, 15) is 9.59 Å². The SMILES string of the molecule is CCCCCCCCCCOc1ccc2c(OC(=O)c3ccccc3)c(OCC=C(C)CCC=C(C)C)c(=O)oc2c1. The second-order valence-corrected chi connectivity index (χ2v) is 11.0. The zero-order chi connectivity index (χ0) is 30.2. The van der Waals surface area contributed by atoms with Crippen LogP contribution in [0.5, 0.6) is 17.2 Å². The summed E-state index contributed by atoms with van der Waals surface area (Å²) in [4.78, 5) is 26.1. The highest BCUT2D eigenvalue weighted by atomic mass is 16.6. The Labute approximate surface area is 250 Å². The third-order valence-electron chi connectivity index (χ3n) is 7.01. The molecule has 0 aliphatic heterocycles. The average molecular weight is 575 g/mol. The van der Waals surface area contributed by atoms with E-state index in [-0.39, 0.29) is 23.7 Å². The van der Waals surface area contributed by atoms with E-state index in [0.717, 1.165) is 31.3 Å². The van der Waals surface area contributed by atoms with Gasteiger partial charge in [-0.15, -0.1) is 0 Å². The van der Waals surface area contributed by atoms with Crippen molar-refractivity contribution in [2.45, 2.75) is 91.9 Å². The molecule has 0 radical (unpaired) electrons. The van der Waals surface area contributed by atoms with Crippen LogP contribution < -0.4 is 19.8 Å². The van der Waals surface area contributed by atoms with Crippen LogP contribution in [0.15, 0.2) is 81.0 Å². The molecule has 0 aliphatic rings. The lowest BCUT2D eigenvalue weighted by Crippen LogP contribution is -2.14. The first-order valence-corrected chi connectivity index (χ1v) is 15.3. The number of allylic oxidation sites excluding steroid dienone is 3. The number of esters is 1. The van der Waals surface area contributed by atoms with Crippen LogP contribution in [0.3, 0.4) is 0 Å². The monoisotopic (exact) mass is 574 g/mol. The van der Waals surface area contributed by atoms with Gasteiger partial charge in [-0.05, 0) is 70.4 Å². The number of hydrogen-bond acceptors (Lipinski definition) is 6. The van der Waals surface area contributed by atoms with Crippen molar-refractivity contribution in [2.75, 3.05) is 13.2 Å². The molecule has 0 saturated carbocycles. The van der Waals surface area contributed by atoms with Gasteiger partial charge in [0, 0.05) is 6.07 Å². The molecule has 1 aromatic heterocycles. The lowest BCUT2D eigenvalue weighted by Gasteiger charge is -2.13. The van der Waals surface area contributed by atoms with Crippen molar-refractivity contribution in [3.05, 3.63) is 87.8 Å². The summed E-state index contributed by atoms with van der Waals surface area (Å²) in [6.45, 7) is 9.14. The van der Waals surface area contributed by atoms with Gasteiger partial charge in [0.25, 0.3) is 0 Å². The fourth-order valence-corrected chi connectivity index (χ4v) is 4.56. The highest BCUT2D eigenvalue weighted by Gasteiger charge is 2.22. The quantitative estimate of drug-likeness (QED) is 0.0652. The van der Waals surface area contributed by atoms with E-state index < -0.39 is 11.6 Å². The molecular formula is C36H46O6. The predicted molar refractivity (Wildman–Crippen MR) is 170 cm³/mol. The van der Waals surface area contributed by atoms with Crippen LogP contribution in [0.2, 0.25) is 0 Å². The lowest BCUT2D eigenvalue weighted by molar-refractivity contribution is 0.0730. The first-order valence-electron chi connectivity index (χ1n) is 15.3. The number of unbranched alkanes of at least 4 members (excludes halogenated alkanes) is 7. The van der Waals surface area contributed by atoms with Gasteiger partial charge in [-0.3, -0.25) is 0 Å². The summed E-state index contributed by atoms with van der Waals surface area (Å²) in [5, 5.41) is 0.456. The summed E-state index contributed by atoms with van der Waals surface area (Å²) in [7, 11) is 0.